The van der Waals surface area contributed by atoms with Gasteiger partial charge in [-0.25, -0.2) is 4.98 Å². The Bertz CT molecular complexity index is 981. The minimum atomic E-state index is 0.711. The fourth-order valence-electron chi connectivity index (χ4n) is 4.40. The van der Waals surface area contributed by atoms with Crippen molar-refractivity contribution in [3.05, 3.63) is 66.2 Å². The molecular formula is C27H36N4O2. The highest BCUT2D eigenvalue weighted by Crippen LogP contribution is 2.28. The van der Waals surface area contributed by atoms with Crippen LogP contribution in [-0.4, -0.2) is 56.3 Å². The van der Waals surface area contributed by atoms with Gasteiger partial charge >= 0.3 is 0 Å². The van der Waals surface area contributed by atoms with Crippen molar-refractivity contribution in [2.24, 2.45) is 0 Å². The van der Waals surface area contributed by atoms with E-state index in [4.69, 9.17) is 14.1 Å². The molecule has 4 rings (SSSR count). The van der Waals surface area contributed by atoms with E-state index >= 15 is 0 Å². The summed E-state index contributed by atoms with van der Waals surface area (Å²) in [4.78, 5) is 9.74. The fourth-order valence-corrected chi connectivity index (χ4v) is 4.40. The monoisotopic (exact) mass is 448 g/mol. The van der Waals surface area contributed by atoms with Gasteiger partial charge in [-0.3, -0.25) is 4.90 Å². The van der Waals surface area contributed by atoms with Gasteiger partial charge < -0.3 is 19.4 Å². The Morgan fingerprint density at radius 3 is 2.52 bits per heavy atom. The van der Waals surface area contributed by atoms with Gasteiger partial charge in [0.2, 0.25) is 0 Å². The van der Waals surface area contributed by atoms with Gasteiger partial charge in [-0.2, -0.15) is 0 Å². The minimum Gasteiger partial charge on any atom is -0.495 e. The summed E-state index contributed by atoms with van der Waals surface area (Å²) in [6.07, 6.45) is 3.03. The lowest BCUT2D eigenvalue weighted by molar-refractivity contribution is 0.253. The molecule has 1 fully saturated rings. The SMILES string of the molecule is CCCc1nc(-c2ccccc2)c(CNCCCN2CCN(c3ccccc3OC)CC2)o1. The zero-order valence-corrected chi connectivity index (χ0v) is 19.9. The van der Waals surface area contributed by atoms with Crippen molar-refractivity contribution in [3.63, 3.8) is 0 Å². The van der Waals surface area contributed by atoms with E-state index in [2.05, 4.69) is 46.3 Å². The van der Waals surface area contributed by atoms with Crippen LogP contribution in [0.3, 0.4) is 0 Å². The Kier molecular flexibility index (Phi) is 8.39. The van der Waals surface area contributed by atoms with Crippen molar-refractivity contribution in [1.82, 2.24) is 15.2 Å². The molecule has 6 heteroatoms. The van der Waals surface area contributed by atoms with Gasteiger partial charge in [-0.15, -0.1) is 0 Å². The first kappa shape index (κ1) is 23.3. The number of aromatic nitrogens is 1. The second-order valence-corrected chi connectivity index (χ2v) is 8.53. The highest BCUT2D eigenvalue weighted by Gasteiger charge is 2.19. The Hall–Kier alpha value is -2.83. The molecular weight excluding hydrogens is 412 g/mol. The van der Waals surface area contributed by atoms with Crippen LogP contribution in [0, 0.1) is 0 Å². The summed E-state index contributed by atoms with van der Waals surface area (Å²) >= 11 is 0. The molecule has 0 saturated carbocycles. The van der Waals surface area contributed by atoms with Crippen molar-refractivity contribution < 1.29 is 9.15 Å². The molecule has 1 aliphatic heterocycles. The molecule has 176 valence electrons. The third-order valence-electron chi connectivity index (χ3n) is 6.16. The number of benzene rings is 2. The maximum atomic E-state index is 6.08. The average Bonchev–Trinajstić information content (AvgIpc) is 3.27. The summed E-state index contributed by atoms with van der Waals surface area (Å²) < 4.78 is 11.6. The van der Waals surface area contributed by atoms with E-state index in [1.165, 1.54) is 5.69 Å². The van der Waals surface area contributed by atoms with Gasteiger partial charge in [-0.1, -0.05) is 49.4 Å². The van der Waals surface area contributed by atoms with Crippen LogP contribution in [0.5, 0.6) is 5.75 Å². The van der Waals surface area contributed by atoms with Gasteiger partial charge in [0.25, 0.3) is 0 Å². The number of nitrogens with zero attached hydrogens (tertiary/aromatic N) is 3. The lowest BCUT2D eigenvalue weighted by Crippen LogP contribution is -2.47. The number of hydrogen-bond donors (Lipinski definition) is 1. The van der Waals surface area contributed by atoms with Crippen molar-refractivity contribution >= 4 is 5.69 Å². The number of anilines is 1. The average molecular weight is 449 g/mol. The van der Waals surface area contributed by atoms with E-state index in [0.717, 1.165) is 87.2 Å². The zero-order valence-electron chi connectivity index (χ0n) is 19.9. The van der Waals surface area contributed by atoms with Crippen molar-refractivity contribution in [2.75, 3.05) is 51.3 Å². The van der Waals surface area contributed by atoms with Crippen LogP contribution in [0.4, 0.5) is 5.69 Å². The molecule has 1 aliphatic rings. The third-order valence-corrected chi connectivity index (χ3v) is 6.16. The molecule has 0 radical (unpaired) electrons. The summed E-state index contributed by atoms with van der Waals surface area (Å²) in [5, 5.41) is 3.57. The van der Waals surface area contributed by atoms with Crippen LogP contribution >= 0.6 is 0 Å². The molecule has 33 heavy (non-hydrogen) atoms. The lowest BCUT2D eigenvalue weighted by Gasteiger charge is -2.36. The molecule has 0 amide bonds. The topological polar surface area (TPSA) is 53.8 Å². The Morgan fingerprint density at radius 2 is 1.76 bits per heavy atom. The molecule has 1 N–H and O–H groups in total. The van der Waals surface area contributed by atoms with Crippen molar-refractivity contribution in [2.45, 2.75) is 32.7 Å². The Labute approximate surface area is 197 Å². The third kappa shape index (κ3) is 6.15. The number of ether oxygens (including phenoxy) is 1. The van der Waals surface area contributed by atoms with Gasteiger partial charge in [0, 0.05) is 38.2 Å². The molecule has 6 nitrogen and oxygen atoms in total. The molecule has 0 spiro atoms. The number of para-hydroxylation sites is 2. The largest absolute Gasteiger partial charge is 0.495 e. The van der Waals surface area contributed by atoms with E-state index in [9.17, 15) is 0 Å². The summed E-state index contributed by atoms with van der Waals surface area (Å²) in [6.45, 7) is 9.17. The van der Waals surface area contributed by atoms with E-state index in [1.807, 2.05) is 30.3 Å². The highest BCUT2D eigenvalue weighted by atomic mass is 16.5. The standard InChI is InChI=1S/C27H36N4O2/c1-3-10-26-29-27(22-11-5-4-6-12-22)25(33-26)21-28-15-9-16-30-17-19-31(20-18-30)23-13-7-8-14-24(23)32-2/h4-8,11-14,28H,3,9-10,15-21H2,1-2H3. The summed E-state index contributed by atoms with van der Waals surface area (Å²) in [5.41, 5.74) is 3.29. The van der Waals surface area contributed by atoms with Crippen LogP contribution in [0.15, 0.2) is 59.0 Å². The van der Waals surface area contributed by atoms with Crippen LogP contribution in [0.25, 0.3) is 11.3 Å². The molecule has 0 unspecified atom stereocenters. The first-order valence-corrected chi connectivity index (χ1v) is 12.1. The normalized spacial score (nSPS) is 14.5. The predicted molar refractivity (Wildman–Crippen MR) is 134 cm³/mol. The number of nitrogens with one attached hydrogen (secondary N) is 1. The summed E-state index contributed by atoms with van der Waals surface area (Å²) in [7, 11) is 1.74. The van der Waals surface area contributed by atoms with E-state index < -0.39 is 0 Å². The van der Waals surface area contributed by atoms with Crippen molar-refractivity contribution in [1.29, 1.82) is 0 Å². The lowest BCUT2D eigenvalue weighted by atomic mass is 10.1. The molecule has 1 aromatic heterocycles. The maximum absolute atomic E-state index is 6.08. The summed E-state index contributed by atoms with van der Waals surface area (Å²) in [5.74, 6) is 2.73. The smallest absolute Gasteiger partial charge is 0.195 e. The number of piperazine rings is 1. The molecule has 3 aromatic rings. The maximum Gasteiger partial charge on any atom is 0.195 e. The number of hydrogen-bond acceptors (Lipinski definition) is 6. The number of oxazole rings is 1. The molecule has 2 heterocycles. The molecule has 0 atom stereocenters. The van der Waals surface area contributed by atoms with Gasteiger partial charge in [0.05, 0.1) is 19.3 Å². The second-order valence-electron chi connectivity index (χ2n) is 8.53. The number of aryl methyl sites for hydroxylation is 1. The Balaban J connectivity index is 1.21. The molecule has 2 aromatic carbocycles. The molecule has 1 saturated heterocycles. The van der Waals surface area contributed by atoms with Crippen LogP contribution in [0.1, 0.15) is 31.4 Å². The second kappa shape index (κ2) is 11.9. The fraction of sp³-hybridized carbons (Fsp3) is 0.444. The zero-order chi connectivity index (χ0) is 22.9. The van der Waals surface area contributed by atoms with Crippen LogP contribution in [-0.2, 0) is 13.0 Å². The molecule has 0 bridgehead atoms. The van der Waals surface area contributed by atoms with Gasteiger partial charge in [-0.05, 0) is 38.1 Å². The quantitative estimate of drug-likeness (QED) is 0.433. The van der Waals surface area contributed by atoms with Crippen LogP contribution in [0.2, 0.25) is 0 Å². The van der Waals surface area contributed by atoms with E-state index in [-0.39, 0.29) is 0 Å². The number of methoxy groups -OCH3 is 1. The molecule has 0 aliphatic carbocycles. The van der Waals surface area contributed by atoms with Crippen LogP contribution < -0.4 is 15.0 Å². The van der Waals surface area contributed by atoms with Gasteiger partial charge in [0.1, 0.15) is 17.2 Å². The highest BCUT2D eigenvalue weighted by molar-refractivity contribution is 5.61. The first-order valence-electron chi connectivity index (χ1n) is 12.1. The van der Waals surface area contributed by atoms with E-state index in [1.54, 1.807) is 7.11 Å². The van der Waals surface area contributed by atoms with Gasteiger partial charge in [0.15, 0.2) is 5.89 Å². The minimum absolute atomic E-state index is 0.711. The Morgan fingerprint density at radius 1 is 1.00 bits per heavy atom. The summed E-state index contributed by atoms with van der Waals surface area (Å²) in [6, 6.07) is 18.6. The predicted octanol–water partition coefficient (Wildman–Crippen LogP) is 4.60. The first-order chi connectivity index (χ1) is 16.3. The number of rotatable bonds is 11. The van der Waals surface area contributed by atoms with E-state index in [0.29, 0.717) is 6.54 Å². The van der Waals surface area contributed by atoms with Crippen molar-refractivity contribution in [3.8, 4) is 17.0 Å².